The van der Waals surface area contributed by atoms with Crippen LogP contribution in [0.2, 0.25) is 5.02 Å². The van der Waals surface area contributed by atoms with Gasteiger partial charge < -0.3 is 5.73 Å². The highest BCUT2D eigenvalue weighted by Gasteiger charge is 2.13. The Hall–Kier alpha value is -0.930. The minimum Gasteiger partial charge on any atom is -0.330 e. The van der Waals surface area contributed by atoms with E-state index in [1.807, 2.05) is 6.92 Å². The van der Waals surface area contributed by atoms with E-state index in [-0.39, 0.29) is 11.7 Å². The lowest BCUT2D eigenvalue weighted by Crippen LogP contribution is -2.17. The molecule has 1 atom stereocenters. The van der Waals surface area contributed by atoms with Crippen molar-refractivity contribution < 1.29 is 4.79 Å². The Morgan fingerprint density at radius 1 is 1.67 bits per heavy atom. The molecule has 1 rings (SSSR count). The number of carbonyl (C=O) groups excluding carboxylic acids is 1. The highest BCUT2D eigenvalue weighted by Crippen LogP contribution is 2.16. The number of nitrogens with zero attached hydrogens (tertiary/aromatic N) is 1. The van der Waals surface area contributed by atoms with Crippen molar-refractivity contribution >= 4 is 17.4 Å². The molecule has 0 saturated carbocycles. The summed E-state index contributed by atoms with van der Waals surface area (Å²) in [7, 11) is 0. The van der Waals surface area contributed by atoms with Gasteiger partial charge in [0.15, 0.2) is 0 Å². The van der Waals surface area contributed by atoms with Crippen molar-refractivity contribution in [2.45, 2.75) is 19.8 Å². The number of ketones is 1. The van der Waals surface area contributed by atoms with E-state index in [0.29, 0.717) is 18.0 Å². The standard InChI is InChI=1S/C11H15ClN2O/c1-8(2-4-13)11(15)6-9-3-5-14-7-10(9)12/h3,5,7-8H,2,4,6,13H2,1H3. The largest absolute Gasteiger partial charge is 0.330 e. The average molecular weight is 227 g/mol. The lowest BCUT2D eigenvalue weighted by Gasteiger charge is -2.09. The topological polar surface area (TPSA) is 56.0 Å². The second-order valence-electron chi connectivity index (χ2n) is 3.59. The minimum absolute atomic E-state index is 0.000711. The molecular formula is C11H15ClN2O. The van der Waals surface area contributed by atoms with E-state index in [4.69, 9.17) is 17.3 Å². The van der Waals surface area contributed by atoms with Crippen molar-refractivity contribution in [3.05, 3.63) is 29.0 Å². The summed E-state index contributed by atoms with van der Waals surface area (Å²) < 4.78 is 0. The van der Waals surface area contributed by atoms with Crippen LogP contribution in [-0.4, -0.2) is 17.3 Å². The van der Waals surface area contributed by atoms with Gasteiger partial charge in [0.1, 0.15) is 5.78 Å². The molecule has 4 heteroatoms. The van der Waals surface area contributed by atoms with Crippen LogP contribution in [0.25, 0.3) is 0 Å². The third-order valence-electron chi connectivity index (χ3n) is 2.37. The number of carbonyl (C=O) groups is 1. The molecule has 0 spiro atoms. The fourth-order valence-corrected chi connectivity index (χ4v) is 1.51. The van der Waals surface area contributed by atoms with E-state index >= 15 is 0 Å². The van der Waals surface area contributed by atoms with Crippen molar-refractivity contribution in [2.75, 3.05) is 6.54 Å². The van der Waals surface area contributed by atoms with Gasteiger partial charge in [-0.2, -0.15) is 0 Å². The summed E-state index contributed by atoms with van der Waals surface area (Å²) in [6.45, 7) is 2.43. The second kappa shape index (κ2) is 5.83. The summed E-state index contributed by atoms with van der Waals surface area (Å²) in [6.07, 6.45) is 4.28. The SMILES string of the molecule is CC(CCN)C(=O)Cc1ccncc1Cl. The summed E-state index contributed by atoms with van der Waals surface area (Å²) in [5.41, 5.74) is 6.24. The summed E-state index contributed by atoms with van der Waals surface area (Å²) in [5.74, 6) is 0.174. The average Bonchev–Trinajstić information content (AvgIpc) is 2.21. The number of hydrogen-bond donors (Lipinski definition) is 1. The first-order valence-electron chi connectivity index (χ1n) is 4.96. The van der Waals surface area contributed by atoms with Gasteiger partial charge in [-0.15, -0.1) is 0 Å². The molecule has 15 heavy (non-hydrogen) atoms. The first kappa shape index (κ1) is 12.1. The number of rotatable bonds is 5. The van der Waals surface area contributed by atoms with Crippen LogP contribution in [0, 0.1) is 5.92 Å². The zero-order chi connectivity index (χ0) is 11.3. The maximum Gasteiger partial charge on any atom is 0.140 e. The molecule has 2 N–H and O–H groups in total. The lowest BCUT2D eigenvalue weighted by atomic mass is 9.97. The van der Waals surface area contributed by atoms with Crippen molar-refractivity contribution in [3.8, 4) is 0 Å². The molecule has 0 bridgehead atoms. The first-order chi connectivity index (χ1) is 7.15. The molecule has 0 radical (unpaired) electrons. The van der Waals surface area contributed by atoms with E-state index < -0.39 is 0 Å². The fourth-order valence-electron chi connectivity index (χ4n) is 1.32. The van der Waals surface area contributed by atoms with Crippen LogP contribution in [0.4, 0.5) is 0 Å². The Labute approximate surface area is 94.6 Å². The van der Waals surface area contributed by atoms with Crippen LogP contribution < -0.4 is 5.73 Å². The van der Waals surface area contributed by atoms with Gasteiger partial charge in [0, 0.05) is 24.7 Å². The Balaban J connectivity index is 2.62. The van der Waals surface area contributed by atoms with Crippen LogP contribution in [0.1, 0.15) is 18.9 Å². The predicted octanol–water partition coefficient (Wildman–Crippen LogP) is 1.83. The lowest BCUT2D eigenvalue weighted by molar-refractivity contribution is -0.121. The molecular weight excluding hydrogens is 212 g/mol. The zero-order valence-corrected chi connectivity index (χ0v) is 9.50. The van der Waals surface area contributed by atoms with E-state index in [2.05, 4.69) is 4.98 Å². The Morgan fingerprint density at radius 3 is 3.00 bits per heavy atom. The monoisotopic (exact) mass is 226 g/mol. The van der Waals surface area contributed by atoms with Crippen molar-refractivity contribution in [2.24, 2.45) is 11.7 Å². The number of nitrogens with two attached hydrogens (primary N) is 1. The molecule has 0 aliphatic heterocycles. The van der Waals surface area contributed by atoms with Gasteiger partial charge in [-0.3, -0.25) is 9.78 Å². The van der Waals surface area contributed by atoms with Gasteiger partial charge in [-0.25, -0.2) is 0 Å². The molecule has 0 saturated heterocycles. The second-order valence-corrected chi connectivity index (χ2v) is 4.00. The summed E-state index contributed by atoms with van der Waals surface area (Å²) in [4.78, 5) is 15.6. The van der Waals surface area contributed by atoms with E-state index in [1.54, 1.807) is 18.5 Å². The summed E-state index contributed by atoms with van der Waals surface area (Å²) in [6, 6.07) is 1.77. The van der Waals surface area contributed by atoms with Gasteiger partial charge in [-0.05, 0) is 24.6 Å². The summed E-state index contributed by atoms with van der Waals surface area (Å²) in [5, 5.41) is 0.547. The Morgan fingerprint density at radius 2 is 2.40 bits per heavy atom. The number of aromatic nitrogens is 1. The Bertz CT molecular complexity index is 341. The van der Waals surface area contributed by atoms with Crippen LogP contribution >= 0.6 is 11.6 Å². The number of halogens is 1. The number of Topliss-reactive ketones (excluding diaryl/α,β-unsaturated/α-hetero) is 1. The molecule has 1 aromatic rings. The summed E-state index contributed by atoms with van der Waals surface area (Å²) >= 11 is 5.91. The van der Waals surface area contributed by atoms with Crippen molar-refractivity contribution in [1.82, 2.24) is 4.98 Å². The van der Waals surface area contributed by atoms with E-state index in [1.165, 1.54) is 0 Å². The van der Waals surface area contributed by atoms with Gasteiger partial charge in [0.25, 0.3) is 0 Å². The smallest absolute Gasteiger partial charge is 0.140 e. The minimum atomic E-state index is -0.000711. The molecule has 82 valence electrons. The van der Waals surface area contributed by atoms with Crippen LogP contribution in [0.15, 0.2) is 18.5 Å². The normalized spacial score (nSPS) is 12.5. The van der Waals surface area contributed by atoms with Gasteiger partial charge in [0.05, 0.1) is 5.02 Å². The molecule has 0 aliphatic carbocycles. The van der Waals surface area contributed by atoms with Crippen LogP contribution in [0.3, 0.4) is 0 Å². The van der Waals surface area contributed by atoms with E-state index in [0.717, 1.165) is 12.0 Å². The van der Waals surface area contributed by atoms with Gasteiger partial charge in [0.2, 0.25) is 0 Å². The predicted molar refractivity (Wildman–Crippen MR) is 60.8 cm³/mol. The number of pyridine rings is 1. The van der Waals surface area contributed by atoms with Crippen LogP contribution in [0.5, 0.6) is 0 Å². The maximum absolute atomic E-state index is 11.7. The van der Waals surface area contributed by atoms with Crippen LogP contribution in [-0.2, 0) is 11.2 Å². The maximum atomic E-state index is 11.7. The third-order valence-corrected chi connectivity index (χ3v) is 2.71. The Kier molecular flexibility index (Phi) is 4.72. The highest BCUT2D eigenvalue weighted by molar-refractivity contribution is 6.31. The van der Waals surface area contributed by atoms with Crippen molar-refractivity contribution in [1.29, 1.82) is 0 Å². The first-order valence-corrected chi connectivity index (χ1v) is 5.34. The van der Waals surface area contributed by atoms with E-state index in [9.17, 15) is 4.79 Å². The van der Waals surface area contributed by atoms with Gasteiger partial charge >= 0.3 is 0 Å². The molecule has 0 aromatic carbocycles. The van der Waals surface area contributed by atoms with Crippen molar-refractivity contribution in [3.63, 3.8) is 0 Å². The van der Waals surface area contributed by atoms with Gasteiger partial charge in [-0.1, -0.05) is 18.5 Å². The molecule has 1 aromatic heterocycles. The quantitative estimate of drug-likeness (QED) is 0.834. The molecule has 0 amide bonds. The molecule has 1 heterocycles. The zero-order valence-electron chi connectivity index (χ0n) is 8.74. The number of hydrogen-bond acceptors (Lipinski definition) is 3. The molecule has 3 nitrogen and oxygen atoms in total. The third kappa shape index (κ3) is 3.61. The molecule has 0 aliphatic rings. The fraction of sp³-hybridized carbons (Fsp3) is 0.455. The molecule has 1 unspecified atom stereocenters. The highest BCUT2D eigenvalue weighted by atomic mass is 35.5. The molecule has 0 fully saturated rings.